The smallest absolute Gasteiger partial charge is 0.253 e. The molecular formula is C6H8N10O16. The van der Waals surface area contributed by atoms with Gasteiger partial charge in [-0.15, -0.1) is 10.0 Å². The first kappa shape index (κ1) is 26.8. The lowest BCUT2D eigenvalue weighted by Crippen LogP contribution is -2.63. The molecule has 0 bridgehead atoms. The molecule has 0 rings (SSSR count). The Balaban J connectivity index is 6.04. The Hall–Kier alpha value is -5.20. The number of hydrazine groups is 2. The predicted molar refractivity (Wildman–Crippen MR) is 84.6 cm³/mol. The van der Waals surface area contributed by atoms with E-state index in [0.717, 1.165) is 0 Å². The van der Waals surface area contributed by atoms with Crippen molar-refractivity contribution in [3.05, 3.63) is 80.9 Å². The Morgan fingerprint density at radius 2 is 0.625 bits per heavy atom. The molecule has 0 radical (unpaired) electrons. The molecule has 0 N–H and O–H groups in total. The molecule has 0 fully saturated rings. The quantitative estimate of drug-likeness (QED) is 0.128. The average molecular weight is 476 g/mol. The summed E-state index contributed by atoms with van der Waals surface area (Å²) in [5.74, 6) is -8.84. The first-order valence-corrected chi connectivity index (χ1v) is 7.13. The highest BCUT2D eigenvalue weighted by Gasteiger charge is 2.74. The van der Waals surface area contributed by atoms with Crippen molar-refractivity contribution in [1.29, 1.82) is 0 Å². The maximum absolute atomic E-state index is 11.0. The second-order valence-electron chi connectivity index (χ2n) is 5.34. The second kappa shape index (κ2) is 9.53. The first-order valence-electron chi connectivity index (χ1n) is 7.13. The van der Waals surface area contributed by atoms with Crippen molar-refractivity contribution in [2.24, 2.45) is 0 Å². The molecule has 26 heteroatoms. The van der Waals surface area contributed by atoms with Gasteiger partial charge >= 0.3 is 11.6 Å². The lowest BCUT2D eigenvalue weighted by Gasteiger charge is -2.18. The fourth-order valence-electron chi connectivity index (χ4n) is 1.90. The Labute approximate surface area is 169 Å². The van der Waals surface area contributed by atoms with Crippen molar-refractivity contribution >= 4 is 0 Å². The minimum absolute atomic E-state index is 0.628. The molecule has 0 aromatic rings. The summed E-state index contributed by atoms with van der Waals surface area (Å²) in [4.78, 5) is 74.4. The summed E-state index contributed by atoms with van der Waals surface area (Å²) in [6, 6.07) is 0. The molecule has 0 amide bonds. The van der Waals surface area contributed by atoms with Crippen molar-refractivity contribution in [2.45, 2.75) is 11.6 Å². The van der Waals surface area contributed by atoms with Crippen LogP contribution in [0.2, 0.25) is 0 Å². The van der Waals surface area contributed by atoms with Gasteiger partial charge in [0, 0.05) is 0 Å². The Kier molecular flexibility index (Phi) is 7.98. The van der Waals surface area contributed by atoms with E-state index in [9.17, 15) is 80.9 Å². The maximum atomic E-state index is 11.0. The molecule has 0 aliphatic heterocycles. The van der Waals surface area contributed by atoms with Crippen LogP contribution < -0.4 is 0 Å². The highest BCUT2D eigenvalue weighted by Crippen LogP contribution is 2.17. The van der Waals surface area contributed by atoms with Crippen LogP contribution in [0.25, 0.3) is 0 Å². The van der Waals surface area contributed by atoms with Crippen LogP contribution in [-0.2, 0) is 0 Å². The molecule has 0 aromatic heterocycles. The third-order valence-corrected chi connectivity index (χ3v) is 3.62. The van der Waals surface area contributed by atoms with E-state index in [1.54, 1.807) is 0 Å². The fraction of sp³-hybridized carbons (Fsp3) is 1.00. The summed E-state index contributed by atoms with van der Waals surface area (Å²) < 4.78 is 0. The molecule has 26 nitrogen and oxygen atoms in total. The van der Waals surface area contributed by atoms with E-state index in [0.29, 0.717) is 0 Å². The van der Waals surface area contributed by atoms with Gasteiger partial charge in [0.05, 0.1) is 0 Å². The van der Waals surface area contributed by atoms with Crippen LogP contribution >= 0.6 is 0 Å². The minimum atomic E-state index is -4.42. The SMILES string of the molecule is O=[N+]([O-])N(CCN(CC([N+](=O)[O-])([N+](=O)[O-])[N+](=O)[O-])[N+](=O)[O-])CC([N+](=O)[O-])([N+](=O)[O-])[N+](=O)[O-]. The molecule has 0 aliphatic rings. The monoisotopic (exact) mass is 476 g/mol. The molecule has 0 heterocycles. The number of hydrogen-bond donors (Lipinski definition) is 0. The molecule has 0 aromatic carbocycles. The highest BCUT2D eigenvalue weighted by atomic mass is 16.8. The van der Waals surface area contributed by atoms with E-state index in [-0.39, 0.29) is 0 Å². The van der Waals surface area contributed by atoms with Crippen molar-refractivity contribution < 1.29 is 39.6 Å². The van der Waals surface area contributed by atoms with Gasteiger partial charge in [-0.3, -0.25) is 60.7 Å². The van der Waals surface area contributed by atoms with Crippen molar-refractivity contribution in [3.8, 4) is 0 Å². The Bertz CT molecular complexity index is 727. The van der Waals surface area contributed by atoms with Gasteiger partial charge < -0.3 is 0 Å². The van der Waals surface area contributed by atoms with Gasteiger partial charge in [-0.05, 0) is 0 Å². The van der Waals surface area contributed by atoms with Crippen molar-refractivity contribution in [1.82, 2.24) is 10.0 Å². The van der Waals surface area contributed by atoms with Crippen LogP contribution in [0.4, 0.5) is 0 Å². The van der Waals surface area contributed by atoms with Gasteiger partial charge in [0.15, 0.2) is 39.6 Å². The summed E-state index contributed by atoms with van der Waals surface area (Å²) in [6.07, 6.45) is 0. The third kappa shape index (κ3) is 4.85. The summed E-state index contributed by atoms with van der Waals surface area (Å²) in [6.45, 7) is -7.56. The Morgan fingerprint density at radius 3 is 0.750 bits per heavy atom. The lowest BCUT2D eigenvalue weighted by molar-refractivity contribution is -0.974. The van der Waals surface area contributed by atoms with E-state index < -0.39 is 87.4 Å². The standard InChI is InChI=1S/C6H8N10O16/c17-9(18)5(10(19)20,11(21)22)3-7(15(29)30)1-2-8(16(31)32)4-6(12(23)24,13(25)26)14(27)28/h1-4H2. The molecule has 0 unspecified atom stereocenters. The molecule has 0 saturated heterocycles. The second-order valence-corrected chi connectivity index (χ2v) is 5.34. The topological polar surface area (TPSA) is 352 Å². The largest absolute Gasteiger partial charge is 0.723 e. The van der Waals surface area contributed by atoms with Gasteiger partial charge in [0.2, 0.25) is 0 Å². The number of hydrogen-bond acceptors (Lipinski definition) is 16. The molecule has 0 aliphatic carbocycles. The molecule has 0 atom stereocenters. The predicted octanol–water partition coefficient (Wildman–Crippen LogP) is -3.06. The molecule has 178 valence electrons. The van der Waals surface area contributed by atoms with Crippen molar-refractivity contribution in [3.63, 3.8) is 0 Å². The van der Waals surface area contributed by atoms with Gasteiger partial charge in [0.25, 0.3) is 13.1 Å². The zero-order valence-corrected chi connectivity index (χ0v) is 14.8. The summed E-state index contributed by atoms with van der Waals surface area (Å²) >= 11 is 0. The normalized spacial score (nSPS) is 11.1. The third-order valence-electron chi connectivity index (χ3n) is 3.62. The van der Waals surface area contributed by atoms with Gasteiger partial charge in [-0.25, -0.2) is 20.2 Å². The van der Waals surface area contributed by atoms with Gasteiger partial charge in [-0.1, -0.05) is 0 Å². The first-order chi connectivity index (χ1) is 14.5. The van der Waals surface area contributed by atoms with Crippen LogP contribution in [-0.4, -0.2) is 87.4 Å². The Morgan fingerprint density at radius 1 is 0.438 bits per heavy atom. The zero-order valence-electron chi connectivity index (χ0n) is 14.8. The molecular weight excluding hydrogens is 468 g/mol. The van der Waals surface area contributed by atoms with Crippen LogP contribution in [0.15, 0.2) is 0 Å². The van der Waals surface area contributed by atoms with Crippen LogP contribution in [0.1, 0.15) is 0 Å². The van der Waals surface area contributed by atoms with E-state index in [1.807, 2.05) is 0 Å². The van der Waals surface area contributed by atoms with E-state index in [4.69, 9.17) is 0 Å². The number of nitro groups is 8. The number of rotatable bonds is 15. The van der Waals surface area contributed by atoms with Gasteiger partial charge in [-0.2, -0.15) is 0 Å². The van der Waals surface area contributed by atoms with E-state index in [1.165, 1.54) is 0 Å². The highest BCUT2D eigenvalue weighted by molar-refractivity contribution is 4.63. The van der Waals surface area contributed by atoms with E-state index in [2.05, 4.69) is 0 Å². The minimum Gasteiger partial charge on any atom is -0.253 e. The van der Waals surface area contributed by atoms with Crippen LogP contribution in [0.3, 0.4) is 0 Å². The molecule has 0 saturated carbocycles. The molecule has 0 spiro atoms. The van der Waals surface area contributed by atoms with Crippen LogP contribution in [0.5, 0.6) is 0 Å². The maximum Gasteiger partial charge on any atom is 0.723 e. The average Bonchev–Trinajstić information content (AvgIpc) is 2.61. The number of nitrogens with zero attached hydrogens (tertiary/aromatic N) is 10. The van der Waals surface area contributed by atoms with Gasteiger partial charge in [0.1, 0.15) is 13.1 Å². The lowest BCUT2D eigenvalue weighted by atomic mass is 10.3. The zero-order chi connectivity index (χ0) is 25.6. The summed E-state index contributed by atoms with van der Waals surface area (Å²) in [7, 11) is 0. The van der Waals surface area contributed by atoms with Crippen molar-refractivity contribution in [2.75, 3.05) is 26.2 Å². The van der Waals surface area contributed by atoms with Crippen LogP contribution in [0, 0.1) is 80.9 Å². The fourth-order valence-corrected chi connectivity index (χ4v) is 1.90. The van der Waals surface area contributed by atoms with E-state index >= 15 is 0 Å². The molecule has 32 heavy (non-hydrogen) atoms. The summed E-state index contributed by atoms with van der Waals surface area (Å²) in [5, 5.41) is 82.4. The summed E-state index contributed by atoms with van der Waals surface area (Å²) in [5.41, 5.74) is 0.